The van der Waals surface area contributed by atoms with Gasteiger partial charge in [-0.05, 0) is 33.1 Å². The first-order valence-corrected chi connectivity index (χ1v) is 6.31. The minimum absolute atomic E-state index is 0.226. The maximum Gasteiger partial charge on any atom is 0.336 e. The van der Waals surface area contributed by atoms with Crippen molar-refractivity contribution < 1.29 is 24.2 Å². The monoisotopic (exact) mass is 268 g/mol. The van der Waals surface area contributed by atoms with Gasteiger partial charge in [0.2, 0.25) is 6.29 Å². The molecule has 5 nitrogen and oxygen atoms in total. The molecule has 1 aliphatic carbocycles. The second-order valence-electron chi connectivity index (χ2n) is 4.72. The molecular weight excluding hydrogens is 248 g/mol. The Morgan fingerprint density at radius 3 is 2.84 bits per heavy atom. The summed E-state index contributed by atoms with van der Waals surface area (Å²) in [5, 5.41) is 9.08. The van der Waals surface area contributed by atoms with E-state index in [9.17, 15) is 9.59 Å². The smallest absolute Gasteiger partial charge is 0.336 e. The van der Waals surface area contributed by atoms with Gasteiger partial charge in [0.1, 0.15) is 0 Å². The van der Waals surface area contributed by atoms with E-state index in [1.807, 2.05) is 0 Å². The summed E-state index contributed by atoms with van der Waals surface area (Å²) in [6, 6.07) is 0. The van der Waals surface area contributed by atoms with E-state index in [1.54, 1.807) is 19.9 Å². The van der Waals surface area contributed by atoms with Crippen LogP contribution in [0.25, 0.3) is 0 Å². The van der Waals surface area contributed by atoms with Gasteiger partial charge >= 0.3 is 11.9 Å². The Balaban J connectivity index is 2.58. The summed E-state index contributed by atoms with van der Waals surface area (Å²) in [5.41, 5.74) is 1.05. The molecule has 0 aromatic carbocycles. The van der Waals surface area contributed by atoms with Crippen molar-refractivity contribution in [1.29, 1.82) is 0 Å². The molecule has 2 atom stereocenters. The lowest BCUT2D eigenvalue weighted by atomic mass is 9.88. The highest BCUT2D eigenvalue weighted by Crippen LogP contribution is 2.26. The molecule has 1 rings (SSSR count). The molecule has 0 saturated heterocycles. The fraction of sp³-hybridized carbons (Fsp3) is 0.571. The lowest BCUT2D eigenvalue weighted by Crippen LogP contribution is -2.28. The molecule has 0 aliphatic heterocycles. The van der Waals surface area contributed by atoms with Gasteiger partial charge in [-0.25, -0.2) is 4.79 Å². The Kier molecular flexibility index (Phi) is 5.76. The van der Waals surface area contributed by atoms with Gasteiger partial charge in [-0.2, -0.15) is 0 Å². The van der Waals surface area contributed by atoms with E-state index < -0.39 is 24.1 Å². The largest absolute Gasteiger partial charge is 0.481 e. The Morgan fingerprint density at radius 1 is 1.58 bits per heavy atom. The summed E-state index contributed by atoms with van der Waals surface area (Å²) < 4.78 is 10.3. The van der Waals surface area contributed by atoms with Crippen molar-refractivity contribution in [1.82, 2.24) is 0 Å². The average Bonchev–Trinajstić information content (AvgIpc) is 2.36. The van der Waals surface area contributed by atoms with Crippen LogP contribution in [0.2, 0.25) is 0 Å². The third-order valence-electron chi connectivity index (χ3n) is 2.81. The number of carboxylic acid groups (broad SMARTS) is 1. The Bertz CT molecular complexity index is 397. The molecule has 2 unspecified atom stereocenters. The number of carboxylic acids is 1. The van der Waals surface area contributed by atoms with Gasteiger partial charge in [-0.15, -0.1) is 0 Å². The van der Waals surface area contributed by atoms with E-state index in [0.717, 1.165) is 12.0 Å². The van der Waals surface area contributed by atoms with Crippen molar-refractivity contribution in [3.63, 3.8) is 0 Å². The van der Waals surface area contributed by atoms with E-state index in [1.165, 1.54) is 0 Å². The van der Waals surface area contributed by atoms with Crippen LogP contribution in [-0.2, 0) is 19.1 Å². The van der Waals surface area contributed by atoms with Gasteiger partial charge in [-0.3, -0.25) is 4.79 Å². The number of allylic oxidation sites excluding steroid dienone is 1. The standard InChI is InChI=1S/C14H20O5/c1-9(2)8-18-10(3)19-14(17)12-7-5-4-6-11(12)13(15)16/h7,10-11H,1,4-6,8H2,2-3H3,(H,15,16). The Labute approximate surface area is 112 Å². The molecule has 19 heavy (non-hydrogen) atoms. The molecule has 0 radical (unpaired) electrons. The Hall–Kier alpha value is -1.62. The summed E-state index contributed by atoms with van der Waals surface area (Å²) in [6.45, 7) is 7.38. The summed E-state index contributed by atoms with van der Waals surface area (Å²) >= 11 is 0. The fourth-order valence-corrected chi connectivity index (χ4v) is 1.87. The zero-order valence-corrected chi connectivity index (χ0v) is 11.3. The van der Waals surface area contributed by atoms with Gasteiger partial charge in [0.15, 0.2) is 0 Å². The van der Waals surface area contributed by atoms with Crippen molar-refractivity contribution in [3.05, 3.63) is 23.8 Å². The summed E-state index contributed by atoms with van der Waals surface area (Å²) in [4.78, 5) is 23.0. The summed E-state index contributed by atoms with van der Waals surface area (Å²) in [7, 11) is 0. The number of esters is 1. The summed E-state index contributed by atoms with van der Waals surface area (Å²) in [6.07, 6.45) is 2.87. The van der Waals surface area contributed by atoms with Crippen LogP contribution in [-0.4, -0.2) is 29.9 Å². The molecular formula is C14H20O5. The first-order valence-electron chi connectivity index (χ1n) is 6.31. The second-order valence-corrected chi connectivity index (χ2v) is 4.72. The third kappa shape index (κ3) is 4.87. The molecule has 0 fully saturated rings. The number of rotatable bonds is 6. The molecule has 106 valence electrons. The lowest BCUT2D eigenvalue weighted by molar-refractivity contribution is -0.170. The zero-order valence-electron chi connectivity index (χ0n) is 11.3. The van der Waals surface area contributed by atoms with Crippen LogP contribution in [0.15, 0.2) is 23.8 Å². The van der Waals surface area contributed by atoms with E-state index in [4.69, 9.17) is 14.6 Å². The highest BCUT2D eigenvalue weighted by molar-refractivity contribution is 5.95. The molecule has 0 spiro atoms. The van der Waals surface area contributed by atoms with Crippen molar-refractivity contribution in [2.45, 2.75) is 39.4 Å². The van der Waals surface area contributed by atoms with Crippen LogP contribution in [0.1, 0.15) is 33.1 Å². The number of hydrogen-bond donors (Lipinski definition) is 1. The van der Waals surface area contributed by atoms with E-state index >= 15 is 0 Å². The molecule has 0 aromatic heterocycles. The highest BCUT2D eigenvalue weighted by atomic mass is 16.7. The number of ether oxygens (including phenoxy) is 2. The quantitative estimate of drug-likeness (QED) is 0.454. The predicted octanol–water partition coefficient (Wildman–Crippen LogP) is 2.28. The topological polar surface area (TPSA) is 72.8 Å². The van der Waals surface area contributed by atoms with Crippen molar-refractivity contribution in [2.75, 3.05) is 6.61 Å². The second kappa shape index (κ2) is 7.09. The normalized spacial score (nSPS) is 20.3. The molecule has 0 amide bonds. The van der Waals surface area contributed by atoms with Gasteiger partial charge in [0.25, 0.3) is 0 Å². The van der Waals surface area contributed by atoms with Crippen LogP contribution in [0, 0.1) is 5.92 Å². The van der Waals surface area contributed by atoms with E-state index in [-0.39, 0.29) is 5.57 Å². The average molecular weight is 268 g/mol. The van der Waals surface area contributed by atoms with Crippen LogP contribution in [0.3, 0.4) is 0 Å². The number of hydrogen-bond acceptors (Lipinski definition) is 4. The molecule has 1 aliphatic rings. The molecule has 5 heteroatoms. The molecule has 0 saturated carbocycles. The zero-order chi connectivity index (χ0) is 14.4. The first kappa shape index (κ1) is 15.4. The first-order chi connectivity index (χ1) is 8.91. The maximum atomic E-state index is 11.9. The lowest BCUT2D eigenvalue weighted by Gasteiger charge is -2.21. The van der Waals surface area contributed by atoms with Gasteiger partial charge in [0, 0.05) is 5.57 Å². The van der Waals surface area contributed by atoms with Gasteiger partial charge in [-0.1, -0.05) is 18.2 Å². The number of carbonyl (C=O) groups excluding carboxylic acids is 1. The Morgan fingerprint density at radius 2 is 2.26 bits per heavy atom. The van der Waals surface area contributed by atoms with Crippen LogP contribution >= 0.6 is 0 Å². The van der Waals surface area contributed by atoms with Gasteiger partial charge in [0.05, 0.1) is 12.5 Å². The maximum absolute atomic E-state index is 11.9. The van der Waals surface area contributed by atoms with Crippen LogP contribution in [0.5, 0.6) is 0 Å². The molecule has 0 heterocycles. The number of carbonyl (C=O) groups is 2. The van der Waals surface area contributed by atoms with Crippen molar-refractivity contribution in [3.8, 4) is 0 Å². The summed E-state index contributed by atoms with van der Waals surface area (Å²) in [5.74, 6) is -2.37. The minimum atomic E-state index is -0.988. The minimum Gasteiger partial charge on any atom is -0.481 e. The van der Waals surface area contributed by atoms with E-state index in [0.29, 0.717) is 19.4 Å². The SMILES string of the molecule is C=C(C)COC(C)OC(=O)C1=CCCCC1C(=O)O. The predicted molar refractivity (Wildman–Crippen MR) is 69.4 cm³/mol. The van der Waals surface area contributed by atoms with Crippen molar-refractivity contribution >= 4 is 11.9 Å². The molecule has 1 N–H and O–H groups in total. The van der Waals surface area contributed by atoms with Crippen LogP contribution < -0.4 is 0 Å². The number of aliphatic carboxylic acids is 1. The fourth-order valence-electron chi connectivity index (χ4n) is 1.87. The van der Waals surface area contributed by atoms with E-state index in [2.05, 4.69) is 6.58 Å². The van der Waals surface area contributed by atoms with Crippen LogP contribution in [0.4, 0.5) is 0 Å². The van der Waals surface area contributed by atoms with Crippen molar-refractivity contribution in [2.24, 2.45) is 5.92 Å². The van der Waals surface area contributed by atoms with Gasteiger partial charge < -0.3 is 14.6 Å². The third-order valence-corrected chi connectivity index (χ3v) is 2.81. The molecule has 0 bridgehead atoms. The highest BCUT2D eigenvalue weighted by Gasteiger charge is 2.30. The molecule has 0 aromatic rings.